The van der Waals surface area contributed by atoms with Gasteiger partial charge in [-0.05, 0) is 32.0 Å². The highest BCUT2D eigenvalue weighted by Crippen LogP contribution is 2.13. The predicted octanol–water partition coefficient (Wildman–Crippen LogP) is 1.29. The van der Waals surface area contributed by atoms with Crippen molar-refractivity contribution < 1.29 is 12.8 Å². The zero-order valence-electron chi connectivity index (χ0n) is 12.1. The van der Waals surface area contributed by atoms with Crippen LogP contribution in [0.15, 0.2) is 27.8 Å². The number of sulfonamides is 1. The fourth-order valence-corrected chi connectivity index (χ4v) is 3.00. The normalized spacial score (nSPS) is 11.9. The standard InChI is InChI=1S/C13H20N4O3S/c1-3-6-14-7-11-8-15-17-13(11)21(18,19)16-9-12-5-4-10(2)20-12/h4-5,8,14,16H,3,6-7,9H2,1-2H3,(H,15,17). The number of nitrogens with one attached hydrogen (secondary N) is 3. The molecule has 116 valence electrons. The van der Waals surface area contributed by atoms with E-state index in [-0.39, 0.29) is 11.6 Å². The molecule has 0 atom stereocenters. The van der Waals surface area contributed by atoms with Gasteiger partial charge in [-0.15, -0.1) is 0 Å². The predicted molar refractivity (Wildman–Crippen MR) is 78.1 cm³/mol. The van der Waals surface area contributed by atoms with Crippen molar-refractivity contribution in [2.75, 3.05) is 6.54 Å². The molecule has 2 heterocycles. The summed E-state index contributed by atoms with van der Waals surface area (Å²) in [7, 11) is -3.64. The maximum atomic E-state index is 12.3. The van der Waals surface area contributed by atoms with Crippen LogP contribution in [0.25, 0.3) is 0 Å². The van der Waals surface area contributed by atoms with Gasteiger partial charge >= 0.3 is 0 Å². The first-order chi connectivity index (χ1) is 10.0. The van der Waals surface area contributed by atoms with Gasteiger partial charge in [0.15, 0.2) is 5.03 Å². The molecule has 3 N–H and O–H groups in total. The topological polar surface area (TPSA) is 100 Å². The van der Waals surface area contributed by atoms with Crippen molar-refractivity contribution in [2.24, 2.45) is 0 Å². The Balaban J connectivity index is 2.03. The van der Waals surface area contributed by atoms with Gasteiger partial charge in [0.2, 0.25) is 0 Å². The molecule has 21 heavy (non-hydrogen) atoms. The number of nitrogens with zero attached hydrogens (tertiary/aromatic N) is 1. The molecule has 7 nitrogen and oxygen atoms in total. The smallest absolute Gasteiger partial charge is 0.258 e. The maximum absolute atomic E-state index is 12.3. The molecular formula is C13H20N4O3S. The third kappa shape index (κ3) is 4.16. The fraction of sp³-hybridized carbons (Fsp3) is 0.462. The first kappa shape index (κ1) is 15.7. The van der Waals surface area contributed by atoms with E-state index in [4.69, 9.17) is 4.42 Å². The van der Waals surface area contributed by atoms with Crippen LogP contribution < -0.4 is 10.0 Å². The Morgan fingerprint density at radius 2 is 2.14 bits per heavy atom. The lowest BCUT2D eigenvalue weighted by molar-refractivity contribution is 0.475. The van der Waals surface area contributed by atoms with Crippen molar-refractivity contribution in [1.82, 2.24) is 20.2 Å². The molecule has 0 unspecified atom stereocenters. The van der Waals surface area contributed by atoms with Gasteiger partial charge in [-0.1, -0.05) is 6.92 Å². The second kappa shape index (κ2) is 6.88. The zero-order chi connectivity index (χ0) is 15.3. The summed E-state index contributed by atoms with van der Waals surface area (Å²) >= 11 is 0. The van der Waals surface area contributed by atoms with E-state index < -0.39 is 10.0 Å². The lowest BCUT2D eigenvalue weighted by atomic mass is 10.3. The summed E-state index contributed by atoms with van der Waals surface area (Å²) in [5, 5.41) is 9.61. The molecular weight excluding hydrogens is 292 g/mol. The fourth-order valence-electron chi connectivity index (χ4n) is 1.88. The highest BCUT2D eigenvalue weighted by molar-refractivity contribution is 7.89. The third-order valence-electron chi connectivity index (χ3n) is 2.92. The Labute approximate surface area is 124 Å². The number of H-pyrrole nitrogens is 1. The number of furan rings is 1. The lowest BCUT2D eigenvalue weighted by Gasteiger charge is -2.06. The molecule has 2 aromatic rings. The van der Waals surface area contributed by atoms with Gasteiger partial charge in [0.25, 0.3) is 10.0 Å². The van der Waals surface area contributed by atoms with E-state index in [0.29, 0.717) is 17.9 Å². The largest absolute Gasteiger partial charge is 0.465 e. The average molecular weight is 312 g/mol. The van der Waals surface area contributed by atoms with Gasteiger partial charge in [0, 0.05) is 12.1 Å². The third-order valence-corrected chi connectivity index (χ3v) is 4.34. The van der Waals surface area contributed by atoms with Crippen LogP contribution in [-0.2, 0) is 23.1 Å². The molecule has 0 aromatic carbocycles. The van der Waals surface area contributed by atoms with E-state index in [2.05, 4.69) is 20.2 Å². The summed E-state index contributed by atoms with van der Waals surface area (Å²) in [6.45, 7) is 5.25. The molecule has 0 radical (unpaired) electrons. The summed E-state index contributed by atoms with van der Waals surface area (Å²) < 4.78 is 32.4. The quantitative estimate of drug-likeness (QED) is 0.638. The molecule has 0 aliphatic rings. The first-order valence-corrected chi connectivity index (χ1v) is 8.29. The molecule has 0 aliphatic heterocycles. The Morgan fingerprint density at radius 3 is 2.81 bits per heavy atom. The van der Waals surface area contributed by atoms with Gasteiger partial charge in [0.05, 0.1) is 12.7 Å². The molecule has 0 bridgehead atoms. The van der Waals surface area contributed by atoms with Gasteiger partial charge in [-0.2, -0.15) is 5.10 Å². The number of hydrogen-bond acceptors (Lipinski definition) is 5. The Bertz CT molecular complexity index is 675. The Morgan fingerprint density at radius 1 is 1.33 bits per heavy atom. The molecule has 2 aromatic heterocycles. The van der Waals surface area contributed by atoms with Gasteiger partial charge in [-0.25, -0.2) is 13.1 Å². The van der Waals surface area contributed by atoms with Crippen LogP contribution >= 0.6 is 0 Å². The number of rotatable bonds is 8. The van der Waals surface area contributed by atoms with Crippen molar-refractivity contribution in [2.45, 2.75) is 38.4 Å². The summed E-state index contributed by atoms with van der Waals surface area (Å²) in [5.41, 5.74) is 0.617. The van der Waals surface area contributed by atoms with Crippen LogP contribution in [0.1, 0.15) is 30.4 Å². The zero-order valence-corrected chi connectivity index (χ0v) is 13.0. The first-order valence-electron chi connectivity index (χ1n) is 6.81. The van der Waals surface area contributed by atoms with Crippen molar-refractivity contribution in [3.8, 4) is 0 Å². The molecule has 0 saturated heterocycles. The van der Waals surface area contributed by atoms with Crippen molar-refractivity contribution >= 4 is 10.0 Å². The highest BCUT2D eigenvalue weighted by Gasteiger charge is 2.20. The number of hydrogen-bond donors (Lipinski definition) is 3. The summed E-state index contributed by atoms with van der Waals surface area (Å²) in [6.07, 6.45) is 2.50. The second-order valence-corrected chi connectivity index (χ2v) is 6.44. The van der Waals surface area contributed by atoms with Gasteiger partial charge in [0.1, 0.15) is 11.5 Å². The van der Waals surface area contributed by atoms with Gasteiger partial charge in [-0.3, -0.25) is 5.10 Å². The molecule has 2 rings (SSSR count). The van der Waals surface area contributed by atoms with Crippen LogP contribution in [0.5, 0.6) is 0 Å². The Kier molecular flexibility index (Phi) is 5.16. The van der Waals surface area contributed by atoms with Crippen LogP contribution in [0, 0.1) is 6.92 Å². The van der Waals surface area contributed by atoms with E-state index in [9.17, 15) is 8.42 Å². The molecule has 8 heteroatoms. The van der Waals surface area contributed by atoms with Gasteiger partial charge < -0.3 is 9.73 Å². The number of aromatic nitrogens is 2. The summed E-state index contributed by atoms with van der Waals surface area (Å²) in [4.78, 5) is 0. The van der Waals surface area contributed by atoms with E-state index in [0.717, 1.165) is 18.7 Å². The molecule has 0 aliphatic carbocycles. The van der Waals surface area contributed by atoms with E-state index >= 15 is 0 Å². The maximum Gasteiger partial charge on any atom is 0.258 e. The van der Waals surface area contributed by atoms with Crippen LogP contribution in [0.3, 0.4) is 0 Å². The van der Waals surface area contributed by atoms with E-state index in [1.807, 2.05) is 13.8 Å². The SMILES string of the molecule is CCCNCc1cn[nH]c1S(=O)(=O)NCc1ccc(C)o1. The van der Waals surface area contributed by atoms with Crippen LogP contribution in [0.4, 0.5) is 0 Å². The van der Waals surface area contributed by atoms with Crippen molar-refractivity contribution in [3.63, 3.8) is 0 Å². The van der Waals surface area contributed by atoms with Crippen LogP contribution in [-0.4, -0.2) is 25.2 Å². The summed E-state index contributed by atoms with van der Waals surface area (Å²) in [5.74, 6) is 1.32. The minimum absolute atomic E-state index is 0.0920. The Hall–Kier alpha value is -1.64. The van der Waals surface area contributed by atoms with E-state index in [1.165, 1.54) is 6.20 Å². The van der Waals surface area contributed by atoms with Crippen molar-refractivity contribution in [3.05, 3.63) is 35.4 Å². The number of aromatic amines is 1. The van der Waals surface area contributed by atoms with E-state index in [1.54, 1.807) is 12.1 Å². The van der Waals surface area contributed by atoms with Crippen molar-refractivity contribution in [1.29, 1.82) is 0 Å². The minimum atomic E-state index is -3.64. The number of aryl methyl sites for hydroxylation is 1. The molecule has 0 fully saturated rings. The monoisotopic (exact) mass is 312 g/mol. The molecule has 0 spiro atoms. The highest BCUT2D eigenvalue weighted by atomic mass is 32.2. The minimum Gasteiger partial charge on any atom is -0.465 e. The molecule has 0 amide bonds. The average Bonchev–Trinajstić information content (AvgIpc) is 3.06. The summed E-state index contributed by atoms with van der Waals surface area (Å²) in [6, 6.07) is 3.54. The second-order valence-electron chi connectivity index (χ2n) is 4.74. The lowest BCUT2D eigenvalue weighted by Crippen LogP contribution is -2.25. The molecule has 0 saturated carbocycles. The van der Waals surface area contributed by atoms with Crippen LogP contribution in [0.2, 0.25) is 0 Å².